The van der Waals surface area contributed by atoms with Crippen molar-refractivity contribution in [2.24, 2.45) is 0 Å². The molecule has 6 nitrogen and oxygen atoms in total. The monoisotopic (exact) mass is 242 g/mol. The molecule has 0 aliphatic carbocycles. The van der Waals surface area contributed by atoms with Crippen LogP contribution in [0.2, 0.25) is 5.15 Å². The van der Waals surface area contributed by atoms with E-state index in [1.165, 1.54) is 0 Å². The van der Waals surface area contributed by atoms with Crippen LogP contribution in [0, 0.1) is 0 Å². The highest BCUT2D eigenvalue weighted by molar-refractivity contribution is 6.29. The molecule has 1 aromatic heterocycles. The second-order valence-corrected chi connectivity index (χ2v) is 3.38. The van der Waals surface area contributed by atoms with Crippen molar-refractivity contribution in [1.29, 1.82) is 0 Å². The molecular formula is C9H11ClN4O2. The lowest BCUT2D eigenvalue weighted by Gasteiger charge is -2.09. The van der Waals surface area contributed by atoms with Crippen LogP contribution in [-0.4, -0.2) is 21.3 Å². The number of nitrogens with zero attached hydrogens (tertiary/aromatic N) is 2. The zero-order valence-electron chi connectivity index (χ0n) is 8.40. The first-order valence-electron chi connectivity index (χ1n) is 4.49. The Hall–Kier alpha value is -1.82. The van der Waals surface area contributed by atoms with Gasteiger partial charge in [-0.05, 0) is 18.6 Å². The Labute approximate surface area is 97.3 Å². The summed E-state index contributed by atoms with van der Waals surface area (Å²) in [5, 5.41) is 16.1. The molecular weight excluding hydrogens is 232 g/mol. The lowest BCUT2D eigenvalue weighted by molar-refractivity contribution is -0.136. The Bertz CT molecular complexity index is 380. The van der Waals surface area contributed by atoms with E-state index < -0.39 is 5.97 Å². The standard InChI is InChI=1S/C9H11ClN4O2/c1-6(2-5-9(15)16)11-13-8-4-3-7(10)12-14-8/h3-4,11H,1-2,5H2,(H,13,14)(H,15,16). The van der Waals surface area contributed by atoms with Gasteiger partial charge in [0.1, 0.15) is 0 Å². The summed E-state index contributed by atoms with van der Waals surface area (Å²) in [6, 6.07) is 3.21. The number of allylic oxidation sites excluding steroid dienone is 1. The van der Waals surface area contributed by atoms with E-state index in [4.69, 9.17) is 16.7 Å². The average molecular weight is 243 g/mol. The summed E-state index contributed by atoms with van der Waals surface area (Å²) < 4.78 is 0. The number of nitrogens with one attached hydrogen (secondary N) is 2. The molecule has 0 atom stereocenters. The Morgan fingerprint density at radius 3 is 2.75 bits per heavy atom. The van der Waals surface area contributed by atoms with E-state index in [2.05, 4.69) is 27.6 Å². The molecule has 0 aliphatic heterocycles. The first kappa shape index (κ1) is 12.3. The van der Waals surface area contributed by atoms with E-state index in [0.29, 0.717) is 23.1 Å². The highest BCUT2D eigenvalue weighted by Gasteiger charge is 2.00. The van der Waals surface area contributed by atoms with Gasteiger partial charge in [0.2, 0.25) is 0 Å². The number of hydrazine groups is 1. The molecule has 0 bridgehead atoms. The average Bonchev–Trinajstić information content (AvgIpc) is 2.25. The Morgan fingerprint density at radius 1 is 1.44 bits per heavy atom. The smallest absolute Gasteiger partial charge is 0.303 e. The van der Waals surface area contributed by atoms with Crippen LogP contribution in [0.3, 0.4) is 0 Å². The van der Waals surface area contributed by atoms with E-state index in [1.807, 2.05) is 0 Å². The minimum absolute atomic E-state index is 0.0276. The maximum Gasteiger partial charge on any atom is 0.303 e. The van der Waals surface area contributed by atoms with E-state index in [-0.39, 0.29) is 6.42 Å². The van der Waals surface area contributed by atoms with Gasteiger partial charge in [-0.15, -0.1) is 10.2 Å². The lowest BCUT2D eigenvalue weighted by Crippen LogP contribution is -2.21. The van der Waals surface area contributed by atoms with Crippen molar-refractivity contribution in [1.82, 2.24) is 15.6 Å². The second kappa shape index (κ2) is 5.92. The van der Waals surface area contributed by atoms with Gasteiger partial charge >= 0.3 is 5.97 Å². The topological polar surface area (TPSA) is 87.1 Å². The SMILES string of the molecule is C=C(CCC(=O)O)NNc1ccc(Cl)nn1. The molecule has 0 amide bonds. The molecule has 3 N–H and O–H groups in total. The van der Waals surface area contributed by atoms with E-state index in [9.17, 15) is 4.79 Å². The van der Waals surface area contributed by atoms with Crippen molar-refractivity contribution in [2.45, 2.75) is 12.8 Å². The first-order valence-corrected chi connectivity index (χ1v) is 4.86. The maximum absolute atomic E-state index is 10.3. The van der Waals surface area contributed by atoms with E-state index in [0.717, 1.165) is 0 Å². The molecule has 16 heavy (non-hydrogen) atoms. The summed E-state index contributed by atoms with van der Waals surface area (Å²) in [4.78, 5) is 10.3. The largest absolute Gasteiger partial charge is 0.481 e. The van der Waals surface area contributed by atoms with Crippen LogP contribution in [0.5, 0.6) is 0 Å². The summed E-state index contributed by atoms with van der Waals surface area (Å²) >= 11 is 5.55. The fourth-order valence-corrected chi connectivity index (χ4v) is 0.956. The van der Waals surface area contributed by atoms with Crippen molar-refractivity contribution in [3.05, 3.63) is 29.6 Å². The molecule has 0 fully saturated rings. The Balaban J connectivity index is 2.31. The quantitative estimate of drug-likeness (QED) is 0.654. The van der Waals surface area contributed by atoms with Gasteiger partial charge in [0.05, 0.1) is 6.42 Å². The normalized spacial score (nSPS) is 9.56. The highest BCUT2D eigenvalue weighted by Crippen LogP contribution is 2.05. The number of aromatic nitrogens is 2. The number of anilines is 1. The molecule has 7 heteroatoms. The van der Waals surface area contributed by atoms with Crippen LogP contribution in [0.4, 0.5) is 5.82 Å². The third-order valence-corrected chi connectivity index (χ3v) is 1.84. The molecule has 0 saturated carbocycles. The number of carbonyl (C=O) groups is 1. The Kier molecular flexibility index (Phi) is 4.53. The molecule has 0 saturated heterocycles. The zero-order chi connectivity index (χ0) is 12.0. The second-order valence-electron chi connectivity index (χ2n) is 2.99. The van der Waals surface area contributed by atoms with Crippen molar-refractivity contribution >= 4 is 23.4 Å². The van der Waals surface area contributed by atoms with Crippen LogP contribution in [0.25, 0.3) is 0 Å². The van der Waals surface area contributed by atoms with Gasteiger partial charge in [-0.1, -0.05) is 18.2 Å². The van der Waals surface area contributed by atoms with Crippen molar-refractivity contribution in [3.8, 4) is 0 Å². The number of hydrogen-bond acceptors (Lipinski definition) is 5. The van der Waals surface area contributed by atoms with E-state index in [1.54, 1.807) is 12.1 Å². The molecule has 1 heterocycles. The molecule has 1 aromatic rings. The fourth-order valence-electron chi connectivity index (χ4n) is 0.855. The summed E-state index contributed by atoms with van der Waals surface area (Å²) in [7, 11) is 0. The maximum atomic E-state index is 10.3. The molecule has 0 unspecified atom stereocenters. The minimum atomic E-state index is -0.866. The molecule has 0 aliphatic rings. The number of rotatable bonds is 6. The predicted molar refractivity (Wildman–Crippen MR) is 59.8 cm³/mol. The lowest BCUT2D eigenvalue weighted by atomic mass is 10.3. The zero-order valence-corrected chi connectivity index (χ0v) is 9.16. The molecule has 1 rings (SSSR count). The summed E-state index contributed by atoms with van der Waals surface area (Å²) in [5.74, 6) is -0.393. The van der Waals surface area contributed by atoms with Gasteiger partial charge in [0.15, 0.2) is 11.0 Å². The van der Waals surface area contributed by atoms with Crippen molar-refractivity contribution in [3.63, 3.8) is 0 Å². The fraction of sp³-hybridized carbons (Fsp3) is 0.222. The van der Waals surface area contributed by atoms with Crippen LogP contribution in [-0.2, 0) is 4.79 Å². The summed E-state index contributed by atoms with van der Waals surface area (Å²) in [5.41, 5.74) is 6.00. The molecule has 0 radical (unpaired) electrons. The van der Waals surface area contributed by atoms with Gasteiger partial charge in [0, 0.05) is 5.70 Å². The number of carboxylic acids is 1. The Morgan fingerprint density at radius 2 is 2.19 bits per heavy atom. The number of hydrogen-bond donors (Lipinski definition) is 3. The first-order chi connectivity index (χ1) is 7.58. The third kappa shape index (κ3) is 4.61. The number of halogens is 1. The molecule has 0 spiro atoms. The van der Waals surface area contributed by atoms with Crippen LogP contribution in [0.15, 0.2) is 24.4 Å². The van der Waals surface area contributed by atoms with Crippen LogP contribution < -0.4 is 10.9 Å². The van der Waals surface area contributed by atoms with Crippen LogP contribution in [0.1, 0.15) is 12.8 Å². The van der Waals surface area contributed by atoms with Crippen molar-refractivity contribution in [2.75, 3.05) is 5.43 Å². The van der Waals surface area contributed by atoms with Gasteiger partial charge in [-0.2, -0.15) is 0 Å². The third-order valence-electron chi connectivity index (χ3n) is 1.64. The molecule has 86 valence electrons. The van der Waals surface area contributed by atoms with Crippen LogP contribution >= 0.6 is 11.6 Å². The minimum Gasteiger partial charge on any atom is -0.481 e. The number of carboxylic acid groups (broad SMARTS) is 1. The predicted octanol–water partition coefficient (Wildman–Crippen LogP) is 1.42. The molecule has 0 aromatic carbocycles. The van der Waals surface area contributed by atoms with Gasteiger partial charge in [-0.3, -0.25) is 10.2 Å². The van der Waals surface area contributed by atoms with Gasteiger partial charge in [-0.25, -0.2) is 0 Å². The van der Waals surface area contributed by atoms with Crippen molar-refractivity contribution < 1.29 is 9.90 Å². The number of aliphatic carboxylic acids is 1. The highest BCUT2D eigenvalue weighted by atomic mass is 35.5. The van der Waals surface area contributed by atoms with Gasteiger partial charge in [0.25, 0.3) is 0 Å². The van der Waals surface area contributed by atoms with E-state index >= 15 is 0 Å². The summed E-state index contributed by atoms with van der Waals surface area (Å²) in [6.07, 6.45) is 0.364. The van der Waals surface area contributed by atoms with Gasteiger partial charge < -0.3 is 10.5 Å². The summed E-state index contributed by atoms with van der Waals surface area (Å²) in [6.45, 7) is 3.65.